The number of nitrogens with two attached hydrogens (primary N) is 1. The van der Waals surface area contributed by atoms with E-state index in [4.69, 9.17) is 10.5 Å². The molecule has 1 aliphatic heterocycles. The van der Waals surface area contributed by atoms with E-state index < -0.39 is 0 Å². The molecule has 0 aliphatic carbocycles. The van der Waals surface area contributed by atoms with Crippen molar-refractivity contribution in [3.05, 3.63) is 18.2 Å². The number of methoxy groups -OCH3 is 1. The number of anilines is 2. The van der Waals surface area contributed by atoms with E-state index in [9.17, 15) is 0 Å². The van der Waals surface area contributed by atoms with Crippen LogP contribution >= 0.6 is 0 Å². The number of hydrogen-bond donors (Lipinski definition) is 2. The Bertz CT molecular complexity index is 387. The molecule has 3 N–H and O–H groups in total. The second-order valence-corrected chi connectivity index (χ2v) is 5.08. The highest BCUT2D eigenvalue weighted by Gasteiger charge is 2.16. The zero-order valence-corrected chi connectivity index (χ0v) is 11.3. The van der Waals surface area contributed by atoms with Crippen molar-refractivity contribution in [1.82, 2.24) is 4.90 Å². The molecule has 0 spiro atoms. The molecule has 0 radical (unpaired) electrons. The molecule has 1 aliphatic rings. The van der Waals surface area contributed by atoms with Crippen molar-refractivity contribution in [2.75, 3.05) is 44.8 Å². The summed E-state index contributed by atoms with van der Waals surface area (Å²) in [6, 6.07) is 5.73. The van der Waals surface area contributed by atoms with Gasteiger partial charge in [0.25, 0.3) is 0 Å². The van der Waals surface area contributed by atoms with Gasteiger partial charge in [0.2, 0.25) is 0 Å². The molecule has 100 valence electrons. The Morgan fingerprint density at radius 2 is 2.11 bits per heavy atom. The number of nitrogens with zero attached hydrogens (tertiary/aromatic N) is 1. The largest absolute Gasteiger partial charge is 0.497 e. The Morgan fingerprint density at radius 1 is 1.39 bits per heavy atom. The fourth-order valence-electron chi connectivity index (χ4n) is 2.34. The van der Waals surface area contributed by atoms with E-state index in [2.05, 4.69) is 17.3 Å². The molecular weight excluding hydrogens is 226 g/mol. The van der Waals surface area contributed by atoms with Crippen LogP contribution in [0, 0.1) is 5.92 Å². The number of benzene rings is 1. The van der Waals surface area contributed by atoms with E-state index >= 15 is 0 Å². The molecule has 0 unspecified atom stereocenters. The standard InChI is InChI=1S/C14H23N3O/c1-17-7-5-11(6-8-17)10-16-14-9-12(18-2)3-4-13(14)15/h3-4,9,11,16H,5-8,10,15H2,1-2H3. The second kappa shape index (κ2) is 5.96. The first-order valence-corrected chi connectivity index (χ1v) is 6.55. The van der Waals surface area contributed by atoms with E-state index in [0.717, 1.165) is 29.6 Å². The van der Waals surface area contributed by atoms with Gasteiger partial charge in [0.15, 0.2) is 0 Å². The molecule has 2 rings (SSSR count). The minimum absolute atomic E-state index is 0.742. The molecule has 0 saturated carbocycles. The molecule has 0 bridgehead atoms. The lowest BCUT2D eigenvalue weighted by atomic mass is 9.97. The van der Waals surface area contributed by atoms with Crippen molar-refractivity contribution >= 4 is 11.4 Å². The van der Waals surface area contributed by atoms with Gasteiger partial charge in [-0.05, 0) is 51.0 Å². The SMILES string of the molecule is COc1ccc(N)c(NCC2CCN(C)CC2)c1. The fraction of sp³-hybridized carbons (Fsp3) is 0.571. The minimum atomic E-state index is 0.742. The monoisotopic (exact) mass is 249 g/mol. The van der Waals surface area contributed by atoms with Crippen molar-refractivity contribution < 1.29 is 4.74 Å². The fourth-order valence-corrected chi connectivity index (χ4v) is 2.34. The summed E-state index contributed by atoms with van der Waals surface area (Å²) in [7, 11) is 3.86. The van der Waals surface area contributed by atoms with Gasteiger partial charge in [-0.2, -0.15) is 0 Å². The molecule has 0 amide bonds. The van der Waals surface area contributed by atoms with Crippen LogP contribution in [0.2, 0.25) is 0 Å². The third-order valence-corrected chi connectivity index (χ3v) is 3.68. The van der Waals surface area contributed by atoms with Crippen LogP contribution in [0.1, 0.15) is 12.8 Å². The lowest BCUT2D eigenvalue weighted by Gasteiger charge is -2.29. The number of rotatable bonds is 4. The van der Waals surface area contributed by atoms with E-state index in [-0.39, 0.29) is 0 Å². The molecule has 1 aromatic rings. The van der Waals surface area contributed by atoms with Crippen LogP contribution in [0.3, 0.4) is 0 Å². The van der Waals surface area contributed by atoms with Crippen LogP contribution in [0.15, 0.2) is 18.2 Å². The van der Waals surface area contributed by atoms with Crippen LogP contribution < -0.4 is 15.8 Å². The zero-order valence-electron chi connectivity index (χ0n) is 11.3. The van der Waals surface area contributed by atoms with E-state index in [0.29, 0.717) is 0 Å². The Morgan fingerprint density at radius 3 is 2.78 bits per heavy atom. The van der Waals surface area contributed by atoms with Gasteiger partial charge in [0, 0.05) is 12.6 Å². The first-order chi connectivity index (χ1) is 8.69. The predicted molar refractivity (Wildman–Crippen MR) is 76.1 cm³/mol. The van der Waals surface area contributed by atoms with E-state index in [1.165, 1.54) is 25.9 Å². The molecule has 4 nitrogen and oxygen atoms in total. The van der Waals surface area contributed by atoms with E-state index in [1.54, 1.807) is 7.11 Å². The van der Waals surface area contributed by atoms with Crippen molar-refractivity contribution in [2.45, 2.75) is 12.8 Å². The summed E-state index contributed by atoms with van der Waals surface area (Å²) >= 11 is 0. The molecular formula is C14H23N3O. The maximum Gasteiger partial charge on any atom is 0.121 e. The number of ether oxygens (including phenoxy) is 1. The first-order valence-electron chi connectivity index (χ1n) is 6.55. The van der Waals surface area contributed by atoms with Gasteiger partial charge in [-0.1, -0.05) is 0 Å². The number of nitrogens with one attached hydrogen (secondary N) is 1. The predicted octanol–water partition coefficient (Wildman–Crippen LogP) is 2.03. The summed E-state index contributed by atoms with van der Waals surface area (Å²) in [5, 5.41) is 3.45. The average Bonchev–Trinajstić information content (AvgIpc) is 2.40. The number of piperidine rings is 1. The number of likely N-dealkylation sites (tertiary alicyclic amines) is 1. The maximum absolute atomic E-state index is 5.96. The minimum Gasteiger partial charge on any atom is -0.497 e. The molecule has 0 atom stereocenters. The highest BCUT2D eigenvalue weighted by molar-refractivity contribution is 5.68. The first kappa shape index (κ1) is 13.0. The summed E-state index contributed by atoms with van der Waals surface area (Å²) in [6.45, 7) is 3.38. The second-order valence-electron chi connectivity index (χ2n) is 5.08. The van der Waals surface area contributed by atoms with Crippen LogP contribution in [0.25, 0.3) is 0 Å². The van der Waals surface area contributed by atoms with Gasteiger partial charge >= 0.3 is 0 Å². The average molecular weight is 249 g/mol. The quantitative estimate of drug-likeness (QED) is 0.802. The van der Waals surface area contributed by atoms with Gasteiger partial charge in [-0.15, -0.1) is 0 Å². The van der Waals surface area contributed by atoms with E-state index in [1.807, 2.05) is 18.2 Å². The number of hydrogen-bond acceptors (Lipinski definition) is 4. The summed E-state index contributed by atoms with van der Waals surface area (Å²) in [5.41, 5.74) is 7.72. The lowest BCUT2D eigenvalue weighted by Crippen LogP contribution is -2.33. The molecule has 1 aromatic carbocycles. The zero-order chi connectivity index (χ0) is 13.0. The Labute approximate surface area is 109 Å². The normalized spacial score (nSPS) is 17.7. The van der Waals surface area contributed by atoms with Gasteiger partial charge in [0.1, 0.15) is 5.75 Å². The Balaban J connectivity index is 1.89. The van der Waals surface area contributed by atoms with Crippen LogP contribution in [-0.4, -0.2) is 38.7 Å². The smallest absolute Gasteiger partial charge is 0.121 e. The maximum atomic E-state index is 5.96. The van der Waals surface area contributed by atoms with Gasteiger partial charge in [-0.3, -0.25) is 0 Å². The number of nitrogen functional groups attached to an aromatic ring is 1. The summed E-state index contributed by atoms with van der Waals surface area (Å²) in [6.07, 6.45) is 2.51. The molecule has 1 heterocycles. The Hall–Kier alpha value is -1.42. The third kappa shape index (κ3) is 3.29. The van der Waals surface area contributed by atoms with Gasteiger partial charge in [0.05, 0.1) is 18.5 Å². The molecule has 1 fully saturated rings. The van der Waals surface area contributed by atoms with Crippen LogP contribution in [-0.2, 0) is 0 Å². The van der Waals surface area contributed by atoms with Crippen LogP contribution in [0.4, 0.5) is 11.4 Å². The highest BCUT2D eigenvalue weighted by atomic mass is 16.5. The van der Waals surface area contributed by atoms with Gasteiger partial charge in [-0.25, -0.2) is 0 Å². The van der Waals surface area contributed by atoms with Crippen molar-refractivity contribution in [2.24, 2.45) is 5.92 Å². The summed E-state index contributed by atoms with van der Waals surface area (Å²) < 4.78 is 5.21. The van der Waals surface area contributed by atoms with Crippen molar-refractivity contribution in [1.29, 1.82) is 0 Å². The lowest BCUT2D eigenvalue weighted by molar-refractivity contribution is 0.226. The third-order valence-electron chi connectivity index (χ3n) is 3.68. The molecule has 18 heavy (non-hydrogen) atoms. The topological polar surface area (TPSA) is 50.5 Å². The van der Waals surface area contributed by atoms with Crippen LogP contribution in [0.5, 0.6) is 5.75 Å². The van der Waals surface area contributed by atoms with Crippen molar-refractivity contribution in [3.63, 3.8) is 0 Å². The summed E-state index contributed by atoms with van der Waals surface area (Å²) in [5.74, 6) is 1.59. The molecule has 0 aromatic heterocycles. The van der Waals surface area contributed by atoms with Gasteiger partial charge < -0.3 is 20.7 Å². The highest BCUT2D eigenvalue weighted by Crippen LogP contribution is 2.25. The molecule has 1 saturated heterocycles. The van der Waals surface area contributed by atoms with Crippen molar-refractivity contribution in [3.8, 4) is 5.75 Å². The Kier molecular flexibility index (Phi) is 4.31. The summed E-state index contributed by atoms with van der Waals surface area (Å²) in [4.78, 5) is 2.39. The molecule has 4 heteroatoms.